The highest BCUT2D eigenvalue weighted by Gasteiger charge is 2.48. The van der Waals surface area contributed by atoms with Gasteiger partial charge in [0, 0.05) is 24.7 Å². The van der Waals surface area contributed by atoms with Crippen molar-refractivity contribution < 1.29 is 26.3 Å². The summed E-state index contributed by atoms with van der Waals surface area (Å²) in [5.41, 5.74) is 4.56. The van der Waals surface area contributed by atoms with Crippen molar-refractivity contribution in [3.8, 4) is 11.5 Å². The molecular formula is C15H24N2O6S2. The van der Waals surface area contributed by atoms with Crippen LogP contribution in [0.1, 0.15) is 13.3 Å². The molecule has 0 aliphatic carbocycles. The van der Waals surface area contributed by atoms with Crippen LogP contribution >= 0.6 is 0 Å². The van der Waals surface area contributed by atoms with Crippen molar-refractivity contribution in [3.05, 3.63) is 18.2 Å². The third-order valence-corrected chi connectivity index (χ3v) is 8.32. The normalized spacial score (nSPS) is 22.9. The van der Waals surface area contributed by atoms with Gasteiger partial charge in [0.15, 0.2) is 9.84 Å². The Bertz CT molecular complexity index is 838. The Kier molecular flexibility index (Phi) is 5.67. The van der Waals surface area contributed by atoms with E-state index < -0.39 is 25.4 Å². The van der Waals surface area contributed by atoms with E-state index in [1.165, 1.54) is 30.7 Å². The zero-order valence-electron chi connectivity index (χ0n) is 14.6. The molecular weight excluding hydrogens is 368 g/mol. The smallest absolute Gasteiger partial charge is 0.247 e. The topological polar surface area (TPSA) is 116 Å². The number of rotatable bonds is 7. The van der Waals surface area contributed by atoms with Crippen molar-refractivity contribution in [3.63, 3.8) is 0 Å². The standard InChI is InChI=1S/C15H24N2O6S2/c1-15(6-9-24(18,19)11-15)17(8-7-16)25(20,21)14-10-12(22-2)4-5-13(14)23-3/h4-5,10H,6-9,11,16H2,1-3H3/t15-/m1/s1. The molecule has 8 nitrogen and oxygen atoms in total. The molecule has 1 heterocycles. The Hall–Kier alpha value is -1.36. The van der Waals surface area contributed by atoms with Gasteiger partial charge >= 0.3 is 0 Å². The molecule has 25 heavy (non-hydrogen) atoms. The van der Waals surface area contributed by atoms with Gasteiger partial charge in [-0.3, -0.25) is 0 Å². The molecule has 0 bridgehead atoms. The van der Waals surface area contributed by atoms with E-state index in [0.29, 0.717) is 5.75 Å². The molecule has 0 unspecified atom stereocenters. The number of nitrogens with two attached hydrogens (primary N) is 1. The fourth-order valence-electron chi connectivity index (χ4n) is 3.09. The molecule has 1 fully saturated rings. The van der Waals surface area contributed by atoms with Crippen LogP contribution in [0.3, 0.4) is 0 Å². The second kappa shape index (κ2) is 7.10. The van der Waals surface area contributed by atoms with Gasteiger partial charge in [0.25, 0.3) is 0 Å². The van der Waals surface area contributed by atoms with Crippen LogP contribution in [-0.2, 0) is 19.9 Å². The average Bonchev–Trinajstić information content (AvgIpc) is 2.85. The zero-order chi connectivity index (χ0) is 18.9. The summed E-state index contributed by atoms with van der Waals surface area (Å²) in [6.45, 7) is 1.72. The maximum Gasteiger partial charge on any atom is 0.247 e. The molecule has 0 saturated carbocycles. The Morgan fingerprint density at radius 1 is 1.28 bits per heavy atom. The van der Waals surface area contributed by atoms with E-state index in [4.69, 9.17) is 15.2 Å². The van der Waals surface area contributed by atoms with Crippen molar-refractivity contribution in [2.75, 3.05) is 38.8 Å². The van der Waals surface area contributed by atoms with Gasteiger partial charge < -0.3 is 15.2 Å². The Labute approximate surface area is 148 Å². The number of sulfonamides is 1. The van der Waals surface area contributed by atoms with Crippen LogP contribution in [0.2, 0.25) is 0 Å². The fraction of sp³-hybridized carbons (Fsp3) is 0.600. The van der Waals surface area contributed by atoms with Crippen LogP contribution in [0, 0.1) is 0 Å². The summed E-state index contributed by atoms with van der Waals surface area (Å²) < 4.78 is 62.0. The van der Waals surface area contributed by atoms with Gasteiger partial charge in [0.1, 0.15) is 16.4 Å². The maximum atomic E-state index is 13.3. The molecule has 1 aromatic rings. The summed E-state index contributed by atoms with van der Waals surface area (Å²) in [6.07, 6.45) is 0.223. The number of nitrogens with zero attached hydrogens (tertiary/aromatic N) is 1. The van der Waals surface area contributed by atoms with E-state index in [1.807, 2.05) is 0 Å². The molecule has 1 aliphatic rings. The van der Waals surface area contributed by atoms with Crippen molar-refractivity contribution in [2.24, 2.45) is 5.73 Å². The van der Waals surface area contributed by atoms with Crippen molar-refractivity contribution >= 4 is 19.9 Å². The molecule has 0 spiro atoms. The van der Waals surface area contributed by atoms with Crippen molar-refractivity contribution in [1.29, 1.82) is 0 Å². The molecule has 142 valence electrons. The van der Waals surface area contributed by atoms with Crippen molar-refractivity contribution in [2.45, 2.75) is 23.8 Å². The number of methoxy groups -OCH3 is 2. The van der Waals surface area contributed by atoms with E-state index in [0.717, 1.165) is 0 Å². The summed E-state index contributed by atoms with van der Waals surface area (Å²) in [7, 11) is -4.54. The van der Waals surface area contributed by atoms with Crippen LogP contribution < -0.4 is 15.2 Å². The third-order valence-electron chi connectivity index (χ3n) is 4.36. The second-order valence-electron chi connectivity index (χ2n) is 6.22. The lowest BCUT2D eigenvalue weighted by Gasteiger charge is -2.36. The molecule has 0 radical (unpaired) electrons. The van der Waals surface area contributed by atoms with E-state index in [-0.39, 0.29) is 41.7 Å². The van der Waals surface area contributed by atoms with Crippen LogP contribution in [0.4, 0.5) is 0 Å². The lowest BCUT2D eigenvalue weighted by Crippen LogP contribution is -2.52. The molecule has 1 aliphatic heterocycles. The minimum Gasteiger partial charge on any atom is -0.497 e. The first kappa shape index (κ1) is 20.0. The Morgan fingerprint density at radius 2 is 1.96 bits per heavy atom. The minimum absolute atomic E-state index is 0.00865. The molecule has 0 amide bonds. The Morgan fingerprint density at radius 3 is 2.44 bits per heavy atom. The number of benzene rings is 1. The van der Waals surface area contributed by atoms with Gasteiger partial charge in [0.05, 0.1) is 25.7 Å². The molecule has 1 saturated heterocycles. The van der Waals surface area contributed by atoms with E-state index in [2.05, 4.69) is 0 Å². The number of sulfone groups is 1. The second-order valence-corrected chi connectivity index (χ2v) is 10.2. The van der Waals surface area contributed by atoms with E-state index in [1.54, 1.807) is 13.0 Å². The molecule has 1 aromatic carbocycles. The summed E-state index contributed by atoms with van der Waals surface area (Å²) in [4.78, 5) is -0.0756. The zero-order valence-corrected chi connectivity index (χ0v) is 16.2. The monoisotopic (exact) mass is 392 g/mol. The molecule has 0 aromatic heterocycles. The highest BCUT2D eigenvalue weighted by Crippen LogP contribution is 2.37. The largest absolute Gasteiger partial charge is 0.497 e. The van der Waals surface area contributed by atoms with Gasteiger partial charge in [-0.25, -0.2) is 16.8 Å². The number of hydrogen-bond donors (Lipinski definition) is 1. The first-order valence-corrected chi connectivity index (χ1v) is 11.0. The predicted molar refractivity (Wildman–Crippen MR) is 94.2 cm³/mol. The third kappa shape index (κ3) is 3.91. The SMILES string of the molecule is COc1ccc(OC)c(S(=O)(=O)N(CCN)[C@]2(C)CCS(=O)(=O)C2)c1. The van der Waals surface area contributed by atoms with Gasteiger partial charge in [-0.2, -0.15) is 4.31 Å². The van der Waals surface area contributed by atoms with Crippen LogP contribution in [0.15, 0.2) is 23.1 Å². The quantitative estimate of drug-likeness (QED) is 0.706. The highest BCUT2D eigenvalue weighted by molar-refractivity contribution is 7.92. The lowest BCUT2D eigenvalue weighted by atomic mass is 10.0. The summed E-state index contributed by atoms with van der Waals surface area (Å²) in [5, 5.41) is 0. The van der Waals surface area contributed by atoms with E-state index in [9.17, 15) is 16.8 Å². The maximum absolute atomic E-state index is 13.3. The van der Waals surface area contributed by atoms with Gasteiger partial charge in [-0.05, 0) is 25.5 Å². The van der Waals surface area contributed by atoms with Crippen LogP contribution in [0.5, 0.6) is 11.5 Å². The van der Waals surface area contributed by atoms with Crippen LogP contribution in [0.25, 0.3) is 0 Å². The number of ether oxygens (including phenoxy) is 2. The van der Waals surface area contributed by atoms with Gasteiger partial charge in [-0.15, -0.1) is 0 Å². The molecule has 2 N–H and O–H groups in total. The van der Waals surface area contributed by atoms with E-state index >= 15 is 0 Å². The van der Waals surface area contributed by atoms with Crippen molar-refractivity contribution in [1.82, 2.24) is 4.31 Å². The predicted octanol–water partition coefficient (Wildman–Crippen LogP) is 0.230. The number of hydrogen-bond acceptors (Lipinski definition) is 7. The molecule has 2 rings (SSSR count). The highest BCUT2D eigenvalue weighted by atomic mass is 32.2. The Balaban J connectivity index is 2.58. The summed E-state index contributed by atoms with van der Waals surface area (Å²) in [6, 6.07) is 4.46. The summed E-state index contributed by atoms with van der Waals surface area (Å²) in [5.74, 6) is 0.240. The first-order valence-electron chi connectivity index (χ1n) is 7.75. The first-order chi connectivity index (χ1) is 11.6. The van der Waals surface area contributed by atoms with Gasteiger partial charge in [-0.1, -0.05) is 0 Å². The molecule has 10 heteroatoms. The lowest BCUT2D eigenvalue weighted by molar-refractivity contribution is 0.237. The summed E-state index contributed by atoms with van der Waals surface area (Å²) >= 11 is 0. The van der Waals surface area contributed by atoms with Gasteiger partial charge in [0.2, 0.25) is 10.0 Å². The molecule has 1 atom stereocenters. The minimum atomic E-state index is -4.05. The average molecular weight is 392 g/mol. The van der Waals surface area contributed by atoms with Crippen LogP contribution in [-0.4, -0.2) is 65.5 Å². The fourth-order valence-corrected chi connectivity index (χ4v) is 7.31.